The Morgan fingerprint density at radius 2 is 1.80 bits per heavy atom. The standard InChI is InChI=1S/C6H15N3O/c1-8(2)4-5-9(3)6(7)10/h4-5H2,1-3H3,(H2,7,10). The number of likely N-dealkylation sites (N-methyl/N-ethyl adjacent to an activating group) is 2. The van der Waals surface area contributed by atoms with Gasteiger partial charge in [0.25, 0.3) is 0 Å². The van der Waals surface area contributed by atoms with Crippen molar-refractivity contribution < 1.29 is 4.79 Å². The van der Waals surface area contributed by atoms with E-state index in [1.165, 1.54) is 4.90 Å². The Hall–Kier alpha value is -0.770. The SMILES string of the molecule is CN(C)CCN(C)C(N)=O. The highest BCUT2D eigenvalue weighted by Crippen LogP contribution is 1.81. The summed E-state index contributed by atoms with van der Waals surface area (Å²) in [5.41, 5.74) is 4.99. The lowest BCUT2D eigenvalue weighted by atomic mass is 10.5. The number of hydrogen-bond donors (Lipinski definition) is 1. The minimum Gasteiger partial charge on any atom is -0.351 e. The van der Waals surface area contributed by atoms with Crippen LogP contribution in [0.15, 0.2) is 0 Å². The van der Waals surface area contributed by atoms with Gasteiger partial charge in [0.2, 0.25) is 0 Å². The summed E-state index contributed by atoms with van der Waals surface area (Å²) in [5.74, 6) is 0. The van der Waals surface area contributed by atoms with E-state index in [9.17, 15) is 4.79 Å². The Bertz CT molecular complexity index is 114. The fourth-order valence-corrected chi connectivity index (χ4v) is 0.460. The predicted octanol–water partition coefficient (Wildman–Crippen LogP) is -0.441. The number of nitrogens with two attached hydrogens (primary N) is 1. The molecule has 10 heavy (non-hydrogen) atoms. The van der Waals surface area contributed by atoms with E-state index in [0.29, 0.717) is 6.54 Å². The van der Waals surface area contributed by atoms with Gasteiger partial charge < -0.3 is 15.5 Å². The molecule has 0 aromatic rings. The summed E-state index contributed by atoms with van der Waals surface area (Å²) in [6.07, 6.45) is 0. The fourth-order valence-electron chi connectivity index (χ4n) is 0.460. The van der Waals surface area contributed by atoms with Crippen LogP contribution in [0.2, 0.25) is 0 Å². The molecule has 0 aliphatic rings. The zero-order valence-corrected chi connectivity index (χ0v) is 6.79. The summed E-state index contributed by atoms with van der Waals surface area (Å²) >= 11 is 0. The third kappa shape index (κ3) is 4.14. The monoisotopic (exact) mass is 145 g/mol. The van der Waals surface area contributed by atoms with Crippen LogP contribution in [0.4, 0.5) is 4.79 Å². The minimum atomic E-state index is -0.373. The van der Waals surface area contributed by atoms with E-state index >= 15 is 0 Å². The zero-order valence-electron chi connectivity index (χ0n) is 6.79. The summed E-state index contributed by atoms with van der Waals surface area (Å²) in [7, 11) is 5.59. The van der Waals surface area contributed by atoms with E-state index in [-0.39, 0.29) is 6.03 Å². The lowest BCUT2D eigenvalue weighted by Crippen LogP contribution is -2.36. The van der Waals surface area contributed by atoms with Crippen LogP contribution in [-0.4, -0.2) is 50.1 Å². The second kappa shape index (κ2) is 4.11. The largest absolute Gasteiger partial charge is 0.351 e. The van der Waals surface area contributed by atoms with Gasteiger partial charge in [0.15, 0.2) is 0 Å². The molecule has 2 amide bonds. The van der Waals surface area contributed by atoms with Crippen molar-refractivity contribution >= 4 is 6.03 Å². The van der Waals surface area contributed by atoms with Crippen molar-refractivity contribution in [3.05, 3.63) is 0 Å². The van der Waals surface area contributed by atoms with Gasteiger partial charge in [0, 0.05) is 20.1 Å². The van der Waals surface area contributed by atoms with Gasteiger partial charge in [-0.25, -0.2) is 4.79 Å². The summed E-state index contributed by atoms with van der Waals surface area (Å²) < 4.78 is 0. The van der Waals surface area contributed by atoms with Crippen LogP contribution in [0.25, 0.3) is 0 Å². The highest BCUT2D eigenvalue weighted by molar-refractivity contribution is 5.71. The Balaban J connectivity index is 3.40. The molecule has 0 atom stereocenters. The van der Waals surface area contributed by atoms with Crippen molar-refractivity contribution in [2.24, 2.45) is 5.73 Å². The van der Waals surface area contributed by atoms with E-state index in [2.05, 4.69) is 0 Å². The zero-order chi connectivity index (χ0) is 8.15. The first kappa shape index (κ1) is 9.23. The highest BCUT2D eigenvalue weighted by atomic mass is 16.2. The van der Waals surface area contributed by atoms with Gasteiger partial charge in [0.05, 0.1) is 0 Å². The van der Waals surface area contributed by atoms with Crippen molar-refractivity contribution in [3.8, 4) is 0 Å². The second-order valence-corrected chi connectivity index (χ2v) is 2.56. The van der Waals surface area contributed by atoms with Crippen LogP contribution in [-0.2, 0) is 0 Å². The number of nitrogens with zero attached hydrogens (tertiary/aromatic N) is 2. The molecule has 0 rings (SSSR count). The van der Waals surface area contributed by atoms with E-state index in [4.69, 9.17) is 5.73 Å². The third-order valence-electron chi connectivity index (χ3n) is 1.26. The van der Waals surface area contributed by atoms with Crippen molar-refractivity contribution in [1.82, 2.24) is 9.80 Å². The van der Waals surface area contributed by atoms with E-state index < -0.39 is 0 Å². The van der Waals surface area contributed by atoms with Gasteiger partial charge in [-0.1, -0.05) is 0 Å². The molecule has 2 N–H and O–H groups in total. The first-order valence-corrected chi connectivity index (χ1v) is 3.19. The van der Waals surface area contributed by atoms with Crippen LogP contribution < -0.4 is 5.73 Å². The molecule has 0 aromatic heterocycles. The van der Waals surface area contributed by atoms with E-state index in [0.717, 1.165) is 6.54 Å². The number of primary amides is 1. The van der Waals surface area contributed by atoms with Crippen molar-refractivity contribution in [3.63, 3.8) is 0 Å². The first-order valence-electron chi connectivity index (χ1n) is 3.19. The molecular formula is C6H15N3O. The molecule has 0 bridgehead atoms. The highest BCUT2D eigenvalue weighted by Gasteiger charge is 2.01. The van der Waals surface area contributed by atoms with Crippen molar-refractivity contribution in [2.45, 2.75) is 0 Å². The maximum Gasteiger partial charge on any atom is 0.314 e. The molecule has 0 spiro atoms. The second-order valence-electron chi connectivity index (χ2n) is 2.56. The molecule has 0 saturated carbocycles. The Morgan fingerprint density at radius 3 is 2.10 bits per heavy atom. The number of hydrogen-bond acceptors (Lipinski definition) is 2. The smallest absolute Gasteiger partial charge is 0.314 e. The van der Waals surface area contributed by atoms with Gasteiger partial charge in [-0.2, -0.15) is 0 Å². The molecule has 0 heterocycles. The van der Waals surface area contributed by atoms with Crippen molar-refractivity contribution in [1.29, 1.82) is 0 Å². The minimum absolute atomic E-state index is 0.373. The lowest BCUT2D eigenvalue weighted by molar-refractivity contribution is 0.213. The summed E-state index contributed by atoms with van der Waals surface area (Å²) in [6.45, 7) is 1.53. The Morgan fingerprint density at radius 1 is 1.30 bits per heavy atom. The Labute approximate surface area is 61.6 Å². The van der Waals surface area contributed by atoms with Gasteiger partial charge in [-0.3, -0.25) is 0 Å². The average Bonchev–Trinajstić information content (AvgIpc) is 1.82. The molecule has 0 unspecified atom stereocenters. The lowest BCUT2D eigenvalue weighted by Gasteiger charge is -2.16. The third-order valence-corrected chi connectivity index (χ3v) is 1.26. The van der Waals surface area contributed by atoms with Gasteiger partial charge >= 0.3 is 6.03 Å². The van der Waals surface area contributed by atoms with Crippen LogP contribution in [0.1, 0.15) is 0 Å². The summed E-state index contributed by atoms with van der Waals surface area (Å²) in [4.78, 5) is 13.9. The topological polar surface area (TPSA) is 49.6 Å². The quantitative estimate of drug-likeness (QED) is 0.585. The number of rotatable bonds is 3. The van der Waals surface area contributed by atoms with Crippen LogP contribution in [0.5, 0.6) is 0 Å². The van der Waals surface area contributed by atoms with Crippen LogP contribution in [0.3, 0.4) is 0 Å². The summed E-state index contributed by atoms with van der Waals surface area (Å²) in [5, 5.41) is 0. The predicted molar refractivity (Wildman–Crippen MR) is 40.8 cm³/mol. The van der Waals surface area contributed by atoms with Crippen LogP contribution in [0, 0.1) is 0 Å². The molecule has 0 saturated heterocycles. The van der Waals surface area contributed by atoms with Crippen LogP contribution >= 0.6 is 0 Å². The van der Waals surface area contributed by atoms with Gasteiger partial charge in [0.1, 0.15) is 0 Å². The molecular weight excluding hydrogens is 130 g/mol. The van der Waals surface area contributed by atoms with Gasteiger partial charge in [-0.05, 0) is 14.1 Å². The van der Waals surface area contributed by atoms with E-state index in [1.54, 1.807) is 7.05 Å². The maximum atomic E-state index is 10.4. The number of urea groups is 1. The molecule has 0 aliphatic heterocycles. The summed E-state index contributed by atoms with van der Waals surface area (Å²) in [6, 6.07) is -0.373. The maximum absolute atomic E-state index is 10.4. The fraction of sp³-hybridized carbons (Fsp3) is 0.833. The Kier molecular flexibility index (Phi) is 3.79. The molecule has 0 aromatic carbocycles. The average molecular weight is 145 g/mol. The first-order chi connectivity index (χ1) is 4.54. The molecule has 4 heteroatoms. The molecule has 0 fully saturated rings. The number of carbonyl (C=O) groups excluding carboxylic acids is 1. The molecule has 0 radical (unpaired) electrons. The van der Waals surface area contributed by atoms with E-state index in [1.807, 2.05) is 19.0 Å². The number of amides is 2. The van der Waals surface area contributed by atoms with Gasteiger partial charge in [-0.15, -0.1) is 0 Å². The normalized spacial score (nSPS) is 10.0. The molecule has 4 nitrogen and oxygen atoms in total. The van der Waals surface area contributed by atoms with Crippen molar-refractivity contribution in [2.75, 3.05) is 34.2 Å². The number of carbonyl (C=O) groups is 1. The molecule has 0 aliphatic carbocycles. The molecule has 60 valence electrons.